The van der Waals surface area contributed by atoms with E-state index in [9.17, 15) is 4.79 Å². The van der Waals surface area contributed by atoms with Crippen LogP contribution in [0.3, 0.4) is 0 Å². The number of carbonyl (C=O) groups excluding carboxylic acids is 1. The molecule has 0 saturated heterocycles. The quantitative estimate of drug-likeness (QED) is 0.871. The van der Waals surface area contributed by atoms with Gasteiger partial charge >= 0.3 is 0 Å². The molecule has 1 amide bonds. The molecule has 1 saturated carbocycles. The second-order valence-electron chi connectivity index (χ2n) is 7.52. The van der Waals surface area contributed by atoms with Gasteiger partial charge in [0.15, 0.2) is 0 Å². The second-order valence-corrected chi connectivity index (χ2v) is 7.52. The molecule has 4 rings (SSSR count). The Morgan fingerprint density at radius 1 is 1.08 bits per heavy atom. The zero-order valence-corrected chi connectivity index (χ0v) is 14.8. The Morgan fingerprint density at radius 2 is 1.88 bits per heavy atom. The van der Waals surface area contributed by atoms with Crippen LogP contribution in [0.1, 0.15) is 57.1 Å². The zero-order chi connectivity index (χ0) is 17.1. The van der Waals surface area contributed by atoms with Gasteiger partial charge in [-0.3, -0.25) is 4.79 Å². The molecule has 1 aliphatic carbocycles. The van der Waals surface area contributed by atoms with Gasteiger partial charge in [0, 0.05) is 36.1 Å². The molecule has 1 aliphatic heterocycles. The van der Waals surface area contributed by atoms with E-state index in [2.05, 4.69) is 27.0 Å². The van der Waals surface area contributed by atoms with E-state index >= 15 is 0 Å². The van der Waals surface area contributed by atoms with Crippen LogP contribution >= 0.6 is 0 Å². The Balaban J connectivity index is 1.40. The molecule has 2 aromatic rings. The number of hydrogen-bond acceptors (Lipinski definition) is 2. The smallest absolute Gasteiger partial charge is 0.224 e. The Morgan fingerprint density at radius 3 is 2.68 bits per heavy atom. The molecule has 0 spiro atoms. The number of benzene rings is 1. The molecule has 1 aromatic heterocycles. The molecular formula is C21H27N3O. The van der Waals surface area contributed by atoms with Gasteiger partial charge in [-0.1, -0.05) is 19.3 Å². The van der Waals surface area contributed by atoms with Crippen molar-refractivity contribution in [2.75, 3.05) is 5.32 Å². The Kier molecular flexibility index (Phi) is 4.86. The van der Waals surface area contributed by atoms with Crippen LogP contribution in [0.25, 0.3) is 11.4 Å². The van der Waals surface area contributed by atoms with E-state index in [1.165, 1.54) is 50.6 Å². The maximum Gasteiger partial charge on any atom is 0.224 e. The molecule has 0 unspecified atom stereocenters. The van der Waals surface area contributed by atoms with E-state index in [-0.39, 0.29) is 5.91 Å². The molecule has 0 bridgehead atoms. The predicted molar refractivity (Wildman–Crippen MR) is 100 cm³/mol. The van der Waals surface area contributed by atoms with Crippen molar-refractivity contribution in [1.82, 2.24) is 9.55 Å². The minimum Gasteiger partial charge on any atom is -0.328 e. The van der Waals surface area contributed by atoms with Crippen LogP contribution in [0, 0.1) is 5.92 Å². The lowest BCUT2D eigenvalue weighted by molar-refractivity contribution is -0.117. The normalized spacial score (nSPS) is 17.9. The van der Waals surface area contributed by atoms with Crippen LogP contribution in [0.4, 0.5) is 5.69 Å². The lowest BCUT2D eigenvalue weighted by Crippen LogP contribution is -2.18. The number of anilines is 1. The van der Waals surface area contributed by atoms with Gasteiger partial charge in [0.25, 0.3) is 0 Å². The van der Waals surface area contributed by atoms with Gasteiger partial charge in [-0.15, -0.1) is 0 Å². The highest BCUT2D eigenvalue weighted by Gasteiger charge is 2.18. The number of rotatable bonds is 4. The molecule has 1 N–H and O–H groups in total. The highest BCUT2D eigenvalue weighted by Crippen LogP contribution is 2.28. The fourth-order valence-corrected chi connectivity index (χ4v) is 4.23. The predicted octanol–water partition coefficient (Wildman–Crippen LogP) is 4.80. The zero-order valence-electron chi connectivity index (χ0n) is 14.8. The minimum atomic E-state index is 0.151. The third-order valence-corrected chi connectivity index (χ3v) is 5.63. The molecule has 25 heavy (non-hydrogen) atoms. The molecule has 0 radical (unpaired) electrons. The van der Waals surface area contributed by atoms with E-state index in [4.69, 9.17) is 0 Å². The molecule has 4 nitrogen and oxygen atoms in total. The minimum absolute atomic E-state index is 0.151. The number of aryl methyl sites for hydroxylation is 1. The second kappa shape index (κ2) is 7.42. The van der Waals surface area contributed by atoms with Crippen molar-refractivity contribution in [3.8, 4) is 11.4 Å². The number of hydrogen-bond donors (Lipinski definition) is 1. The summed E-state index contributed by atoms with van der Waals surface area (Å²) in [6, 6.07) is 8.14. The van der Waals surface area contributed by atoms with E-state index in [1.54, 1.807) is 0 Å². The summed E-state index contributed by atoms with van der Waals surface area (Å²) in [6.45, 7) is 1.06. The molecule has 2 aliphatic rings. The summed E-state index contributed by atoms with van der Waals surface area (Å²) < 4.78 is 2.33. The van der Waals surface area contributed by atoms with Crippen molar-refractivity contribution in [3.63, 3.8) is 0 Å². The van der Waals surface area contributed by atoms with Gasteiger partial charge in [0.05, 0.1) is 0 Å². The number of nitrogens with zero attached hydrogens (tertiary/aromatic N) is 2. The number of nitrogens with one attached hydrogen (secondary N) is 1. The lowest BCUT2D eigenvalue weighted by Gasteiger charge is -2.20. The first kappa shape index (κ1) is 16.4. The first-order valence-electron chi connectivity index (χ1n) is 9.74. The fourth-order valence-electron chi connectivity index (χ4n) is 4.23. The van der Waals surface area contributed by atoms with Crippen LogP contribution in [-0.2, 0) is 17.8 Å². The molecule has 0 atom stereocenters. The van der Waals surface area contributed by atoms with E-state index in [0.29, 0.717) is 12.3 Å². The van der Waals surface area contributed by atoms with Crippen LogP contribution in [0.2, 0.25) is 0 Å². The Bertz CT molecular complexity index is 726. The molecule has 132 valence electrons. The van der Waals surface area contributed by atoms with Crippen molar-refractivity contribution in [2.24, 2.45) is 5.92 Å². The van der Waals surface area contributed by atoms with Crippen molar-refractivity contribution in [1.29, 1.82) is 0 Å². The summed E-state index contributed by atoms with van der Waals surface area (Å²) in [5.41, 5.74) is 3.35. The maximum absolute atomic E-state index is 12.3. The molecule has 1 aromatic carbocycles. The van der Waals surface area contributed by atoms with Crippen LogP contribution in [0.15, 0.2) is 30.5 Å². The number of aromatic nitrogens is 2. The Labute approximate surface area is 149 Å². The molecule has 1 fully saturated rings. The summed E-state index contributed by atoms with van der Waals surface area (Å²) >= 11 is 0. The highest BCUT2D eigenvalue weighted by molar-refractivity contribution is 5.91. The van der Waals surface area contributed by atoms with Gasteiger partial charge in [-0.25, -0.2) is 4.98 Å². The molecular weight excluding hydrogens is 310 g/mol. The van der Waals surface area contributed by atoms with Crippen molar-refractivity contribution < 1.29 is 4.79 Å². The van der Waals surface area contributed by atoms with Crippen molar-refractivity contribution >= 4 is 11.6 Å². The monoisotopic (exact) mass is 337 g/mol. The Hall–Kier alpha value is -2.10. The largest absolute Gasteiger partial charge is 0.328 e. The first-order valence-corrected chi connectivity index (χ1v) is 9.74. The fraction of sp³-hybridized carbons (Fsp3) is 0.524. The van der Waals surface area contributed by atoms with Gasteiger partial charge in [-0.05, 0) is 62.3 Å². The summed E-state index contributed by atoms with van der Waals surface area (Å²) in [7, 11) is 0. The van der Waals surface area contributed by atoms with E-state index in [0.717, 1.165) is 30.0 Å². The maximum atomic E-state index is 12.3. The third-order valence-electron chi connectivity index (χ3n) is 5.63. The van der Waals surface area contributed by atoms with Gasteiger partial charge in [0.1, 0.15) is 5.82 Å². The standard InChI is InChI=1S/C21H27N3O/c25-20(14-16-6-2-1-3-7-16)23-18-11-9-17(10-12-18)21-22-15-19-8-4-5-13-24(19)21/h9-12,15-16H,1-8,13-14H2,(H,23,25). The van der Waals surface area contributed by atoms with Gasteiger partial charge < -0.3 is 9.88 Å². The highest BCUT2D eigenvalue weighted by atomic mass is 16.1. The average Bonchev–Trinajstić information content (AvgIpc) is 3.07. The van der Waals surface area contributed by atoms with Crippen LogP contribution < -0.4 is 5.32 Å². The topological polar surface area (TPSA) is 46.9 Å². The van der Waals surface area contributed by atoms with E-state index in [1.807, 2.05) is 18.3 Å². The molecule has 4 heteroatoms. The summed E-state index contributed by atoms with van der Waals surface area (Å²) in [5, 5.41) is 3.06. The van der Waals surface area contributed by atoms with Gasteiger partial charge in [-0.2, -0.15) is 0 Å². The number of carbonyl (C=O) groups is 1. The first-order chi connectivity index (χ1) is 12.3. The van der Waals surface area contributed by atoms with Gasteiger partial charge in [0.2, 0.25) is 5.91 Å². The summed E-state index contributed by atoms with van der Waals surface area (Å²) in [6.07, 6.45) is 12.6. The number of fused-ring (bicyclic) bond motifs is 1. The third kappa shape index (κ3) is 3.78. The van der Waals surface area contributed by atoms with E-state index < -0.39 is 0 Å². The van der Waals surface area contributed by atoms with Crippen LogP contribution in [-0.4, -0.2) is 15.5 Å². The summed E-state index contributed by atoms with van der Waals surface area (Å²) in [4.78, 5) is 16.9. The lowest BCUT2D eigenvalue weighted by atomic mass is 9.87. The number of amides is 1. The van der Waals surface area contributed by atoms with Crippen molar-refractivity contribution in [2.45, 2.75) is 64.3 Å². The summed E-state index contributed by atoms with van der Waals surface area (Å²) in [5.74, 6) is 1.78. The van der Waals surface area contributed by atoms with Crippen molar-refractivity contribution in [3.05, 3.63) is 36.2 Å². The molecule has 2 heterocycles. The average molecular weight is 337 g/mol. The number of imidazole rings is 1. The SMILES string of the molecule is O=C(CC1CCCCC1)Nc1ccc(-c2ncc3n2CCCC3)cc1. The van der Waals surface area contributed by atoms with Crippen LogP contribution in [0.5, 0.6) is 0 Å².